The van der Waals surface area contributed by atoms with E-state index in [-0.39, 0.29) is 17.5 Å². The first kappa shape index (κ1) is 22.7. The topological polar surface area (TPSA) is 120 Å². The van der Waals surface area contributed by atoms with E-state index in [1.54, 1.807) is 42.6 Å². The van der Waals surface area contributed by atoms with E-state index in [2.05, 4.69) is 32.1 Å². The maximum absolute atomic E-state index is 15.2. The van der Waals surface area contributed by atoms with Crippen molar-refractivity contribution in [2.24, 2.45) is 0 Å². The standard InChI is InChI=1S/C26H20FN7O2/c1-3-21(35)32-18-7-4-16(5-8-18)24-23(25-26(28)30-14-31-34(25)33-24)17-6-9-20(19(27)13-17)36-22-12-15(2)10-11-29-22/h3-14H,1H2,2H3,(H,32,35)(H2,28,30,31). The van der Waals surface area contributed by atoms with Crippen LogP contribution in [0.5, 0.6) is 11.6 Å². The number of aromatic nitrogens is 5. The number of carbonyl (C=O) groups excluding carboxylic acids is 1. The Morgan fingerprint density at radius 2 is 1.89 bits per heavy atom. The van der Waals surface area contributed by atoms with Crippen molar-refractivity contribution < 1.29 is 13.9 Å². The number of nitrogens with zero attached hydrogens (tertiary/aromatic N) is 5. The maximum atomic E-state index is 15.2. The highest BCUT2D eigenvalue weighted by Gasteiger charge is 2.21. The molecule has 0 spiro atoms. The van der Waals surface area contributed by atoms with Gasteiger partial charge in [0.05, 0.1) is 0 Å². The van der Waals surface area contributed by atoms with Crippen molar-refractivity contribution in [1.82, 2.24) is 24.8 Å². The Morgan fingerprint density at radius 3 is 2.61 bits per heavy atom. The molecule has 3 heterocycles. The number of amides is 1. The van der Waals surface area contributed by atoms with Gasteiger partial charge in [0.1, 0.15) is 17.5 Å². The highest BCUT2D eigenvalue weighted by molar-refractivity contribution is 5.99. The number of rotatable bonds is 6. The van der Waals surface area contributed by atoms with E-state index in [4.69, 9.17) is 10.5 Å². The van der Waals surface area contributed by atoms with Gasteiger partial charge in [0.2, 0.25) is 11.8 Å². The second-order valence-corrected chi connectivity index (χ2v) is 7.90. The molecular weight excluding hydrogens is 461 g/mol. The summed E-state index contributed by atoms with van der Waals surface area (Å²) in [5, 5.41) is 11.4. The molecular formula is C26H20FN7O2. The van der Waals surface area contributed by atoms with Crippen molar-refractivity contribution in [1.29, 1.82) is 0 Å². The van der Waals surface area contributed by atoms with E-state index < -0.39 is 5.82 Å². The third kappa shape index (κ3) is 4.34. The van der Waals surface area contributed by atoms with Gasteiger partial charge in [0.25, 0.3) is 0 Å². The maximum Gasteiger partial charge on any atom is 0.247 e. The molecule has 10 heteroatoms. The number of fused-ring (bicyclic) bond motifs is 1. The molecule has 0 saturated heterocycles. The second kappa shape index (κ2) is 9.26. The van der Waals surface area contributed by atoms with Gasteiger partial charge in [-0.3, -0.25) is 4.79 Å². The zero-order chi connectivity index (χ0) is 25.2. The van der Waals surface area contributed by atoms with Crippen LogP contribution in [0.1, 0.15) is 5.56 Å². The fraction of sp³-hybridized carbons (Fsp3) is 0.0385. The van der Waals surface area contributed by atoms with Gasteiger partial charge in [-0.25, -0.2) is 14.4 Å². The first-order valence-electron chi connectivity index (χ1n) is 10.9. The van der Waals surface area contributed by atoms with Gasteiger partial charge < -0.3 is 15.8 Å². The van der Waals surface area contributed by atoms with Crippen LogP contribution in [0.25, 0.3) is 27.9 Å². The lowest BCUT2D eigenvalue weighted by atomic mass is 9.99. The van der Waals surface area contributed by atoms with Gasteiger partial charge in [0.15, 0.2) is 17.4 Å². The van der Waals surface area contributed by atoms with Crippen molar-refractivity contribution in [3.8, 4) is 34.0 Å². The molecule has 5 aromatic rings. The number of nitrogens with one attached hydrogen (secondary N) is 1. The van der Waals surface area contributed by atoms with Crippen LogP contribution >= 0.6 is 0 Å². The molecule has 0 aliphatic heterocycles. The fourth-order valence-electron chi connectivity index (χ4n) is 3.72. The van der Waals surface area contributed by atoms with Crippen LogP contribution in [0, 0.1) is 12.7 Å². The summed E-state index contributed by atoms with van der Waals surface area (Å²) in [5.41, 5.74) is 10.4. The molecule has 5 rings (SSSR count). The minimum Gasteiger partial charge on any atom is -0.436 e. The predicted molar refractivity (Wildman–Crippen MR) is 134 cm³/mol. The van der Waals surface area contributed by atoms with E-state index >= 15 is 4.39 Å². The summed E-state index contributed by atoms with van der Waals surface area (Å²) in [7, 11) is 0. The number of ether oxygens (including phenoxy) is 1. The number of carbonyl (C=O) groups is 1. The summed E-state index contributed by atoms with van der Waals surface area (Å²) in [6.45, 7) is 5.34. The molecule has 0 radical (unpaired) electrons. The lowest BCUT2D eigenvalue weighted by Gasteiger charge is -2.10. The zero-order valence-electron chi connectivity index (χ0n) is 19.1. The second-order valence-electron chi connectivity index (χ2n) is 7.90. The van der Waals surface area contributed by atoms with E-state index in [0.717, 1.165) is 5.56 Å². The lowest BCUT2D eigenvalue weighted by molar-refractivity contribution is -0.111. The number of nitrogens with two attached hydrogens (primary N) is 1. The summed E-state index contributed by atoms with van der Waals surface area (Å²) in [6.07, 6.45) is 4.08. The summed E-state index contributed by atoms with van der Waals surface area (Å²) in [5.74, 6) is -0.392. The van der Waals surface area contributed by atoms with Crippen LogP contribution in [-0.2, 0) is 4.79 Å². The number of hydrogen-bond acceptors (Lipinski definition) is 7. The number of halogens is 1. The zero-order valence-corrected chi connectivity index (χ0v) is 19.1. The molecule has 9 nitrogen and oxygen atoms in total. The molecule has 1 amide bonds. The molecule has 0 unspecified atom stereocenters. The lowest BCUT2D eigenvalue weighted by Crippen LogP contribution is -2.06. The van der Waals surface area contributed by atoms with Gasteiger partial charge in [-0.05, 0) is 54.5 Å². The molecule has 3 N–H and O–H groups in total. The van der Waals surface area contributed by atoms with Crippen LogP contribution in [0.2, 0.25) is 0 Å². The molecule has 2 aromatic carbocycles. The molecule has 0 bridgehead atoms. The smallest absolute Gasteiger partial charge is 0.247 e. The highest BCUT2D eigenvalue weighted by atomic mass is 19.1. The largest absolute Gasteiger partial charge is 0.436 e. The van der Waals surface area contributed by atoms with E-state index in [1.165, 1.54) is 29.2 Å². The Balaban J connectivity index is 1.59. The van der Waals surface area contributed by atoms with Crippen LogP contribution in [0.15, 0.2) is 79.8 Å². The number of anilines is 2. The quantitative estimate of drug-likeness (QED) is 0.334. The first-order valence-corrected chi connectivity index (χ1v) is 10.9. The average Bonchev–Trinajstić information content (AvgIpc) is 3.27. The van der Waals surface area contributed by atoms with Gasteiger partial charge in [0, 0.05) is 29.1 Å². The summed E-state index contributed by atoms with van der Waals surface area (Å²) in [6, 6.07) is 15.1. The molecule has 0 aliphatic carbocycles. The number of hydrogen-bond donors (Lipinski definition) is 2. The number of nitrogen functional groups attached to an aromatic ring is 1. The van der Waals surface area contributed by atoms with Crippen LogP contribution in [0.3, 0.4) is 0 Å². The van der Waals surface area contributed by atoms with Crippen LogP contribution < -0.4 is 15.8 Å². The fourth-order valence-corrected chi connectivity index (χ4v) is 3.72. The molecule has 178 valence electrons. The normalized spacial score (nSPS) is 10.8. The Morgan fingerprint density at radius 1 is 1.11 bits per heavy atom. The SMILES string of the molecule is C=CC(=O)Nc1ccc(-c2nn3ncnc(N)c3c2-c2ccc(Oc3cc(C)ccn3)c(F)c2)cc1. The van der Waals surface area contributed by atoms with Gasteiger partial charge in [-0.1, -0.05) is 24.8 Å². The highest BCUT2D eigenvalue weighted by Crippen LogP contribution is 2.38. The van der Waals surface area contributed by atoms with Gasteiger partial charge >= 0.3 is 0 Å². The Labute approximate surface area is 205 Å². The van der Waals surface area contributed by atoms with Gasteiger partial charge in [-0.2, -0.15) is 0 Å². The average molecular weight is 481 g/mol. The Kier molecular flexibility index (Phi) is 5.83. The third-order valence-electron chi connectivity index (χ3n) is 5.41. The molecule has 0 saturated carbocycles. The summed E-state index contributed by atoms with van der Waals surface area (Å²) < 4.78 is 22.2. The monoisotopic (exact) mass is 481 g/mol. The number of benzene rings is 2. The van der Waals surface area contributed by atoms with E-state index in [0.29, 0.717) is 39.5 Å². The van der Waals surface area contributed by atoms with Crippen molar-refractivity contribution in [2.75, 3.05) is 11.1 Å². The van der Waals surface area contributed by atoms with Crippen molar-refractivity contribution in [3.05, 3.63) is 91.2 Å². The van der Waals surface area contributed by atoms with Crippen molar-refractivity contribution in [2.45, 2.75) is 6.92 Å². The molecule has 0 atom stereocenters. The Hall–Kier alpha value is -5.12. The number of aryl methyl sites for hydroxylation is 1. The number of pyridine rings is 1. The summed E-state index contributed by atoms with van der Waals surface area (Å²) >= 11 is 0. The third-order valence-corrected chi connectivity index (χ3v) is 5.41. The first-order chi connectivity index (χ1) is 17.4. The summed E-state index contributed by atoms with van der Waals surface area (Å²) in [4.78, 5) is 19.8. The van der Waals surface area contributed by atoms with Crippen molar-refractivity contribution in [3.63, 3.8) is 0 Å². The van der Waals surface area contributed by atoms with E-state index in [9.17, 15) is 4.79 Å². The minimum absolute atomic E-state index is 0.0291. The predicted octanol–water partition coefficient (Wildman–Crippen LogP) is 4.80. The molecule has 3 aromatic heterocycles. The Bertz CT molecular complexity index is 1610. The molecule has 0 fully saturated rings. The van der Waals surface area contributed by atoms with Crippen LogP contribution in [-0.4, -0.2) is 30.7 Å². The van der Waals surface area contributed by atoms with E-state index in [1.807, 2.05) is 13.0 Å². The van der Waals surface area contributed by atoms with Crippen molar-refractivity contribution >= 4 is 22.9 Å². The van der Waals surface area contributed by atoms with Gasteiger partial charge in [-0.15, -0.1) is 14.8 Å². The minimum atomic E-state index is -0.584. The molecule has 0 aliphatic rings. The van der Waals surface area contributed by atoms with Crippen LogP contribution in [0.4, 0.5) is 15.9 Å². The molecule has 36 heavy (non-hydrogen) atoms.